The summed E-state index contributed by atoms with van der Waals surface area (Å²) in [6.45, 7) is 3.02. The maximum Gasteiger partial charge on any atom is 0.263 e. The van der Waals surface area contributed by atoms with E-state index in [0.717, 1.165) is 28.4 Å². The fraction of sp³-hybridized carbons (Fsp3) is 0.200. The molecule has 1 amide bonds. The number of ether oxygens (including phenoxy) is 1. The summed E-state index contributed by atoms with van der Waals surface area (Å²) >= 11 is 1.43. The molecule has 0 bridgehead atoms. The van der Waals surface area contributed by atoms with E-state index in [1.165, 1.54) is 11.3 Å². The van der Waals surface area contributed by atoms with Gasteiger partial charge in [0.05, 0.1) is 12.3 Å². The van der Waals surface area contributed by atoms with Crippen LogP contribution in [-0.4, -0.2) is 24.0 Å². The first-order chi connectivity index (χ1) is 12.2. The zero-order valence-electron chi connectivity index (χ0n) is 14.1. The maximum absolute atomic E-state index is 12.4. The Morgan fingerprint density at radius 1 is 1.08 bits per heavy atom. The molecule has 0 aliphatic rings. The standard InChI is InChI=1S/C20H20N2O2S/c1-15-18(25-20(22-15)16-9-4-2-5-10-16)19(23)21-13-8-14-24-17-11-6-3-7-12-17/h2-7,9-12H,8,13-14H2,1H3,(H,21,23). The van der Waals surface area contributed by atoms with Gasteiger partial charge in [0.25, 0.3) is 5.91 Å². The van der Waals surface area contributed by atoms with Crippen molar-refractivity contribution in [2.24, 2.45) is 0 Å². The van der Waals surface area contributed by atoms with Crippen molar-refractivity contribution >= 4 is 17.2 Å². The van der Waals surface area contributed by atoms with E-state index in [1.54, 1.807) is 0 Å². The van der Waals surface area contributed by atoms with Crippen molar-refractivity contribution in [3.05, 3.63) is 71.2 Å². The molecule has 2 aromatic carbocycles. The van der Waals surface area contributed by atoms with Crippen LogP contribution in [0.25, 0.3) is 10.6 Å². The van der Waals surface area contributed by atoms with Crippen LogP contribution in [0.5, 0.6) is 5.75 Å². The lowest BCUT2D eigenvalue weighted by Gasteiger charge is -2.06. The van der Waals surface area contributed by atoms with Crippen LogP contribution in [0.4, 0.5) is 0 Å². The minimum atomic E-state index is -0.0723. The van der Waals surface area contributed by atoms with Gasteiger partial charge in [-0.15, -0.1) is 11.3 Å². The Balaban J connectivity index is 1.49. The molecule has 0 aliphatic carbocycles. The molecule has 1 heterocycles. The van der Waals surface area contributed by atoms with E-state index in [4.69, 9.17) is 4.74 Å². The average Bonchev–Trinajstić information content (AvgIpc) is 3.05. The molecular formula is C20H20N2O2S. The highest BCUT2D eigenvalue weighted by Gasteiger charge is 2.15. The average molecular weight is 352 g/mol. The number of nitrogens with zero attached hydrogens (tertiary/aromatic N) is 1. The molecule has 0 saturated heterocycles. The first-order valence-corrected chi connectivity index (χ1v) is 9.04. The summed E-state index contributed by atoms with van der Waals surface area (Å²) < 4.78 is 5.62. The van der Waals surface area contributed by atoms with Crippen LogP contribution < -0.4 is 10.1 Å². The van der Waals surface area contributed by atoms with Gasteiger partial charge in [-0.25, -0.2) is 4.98 Å². The van der Waals surface area contributed by atoms with Crippen molar-refractivity contribution in [2.45, 2.75) is 13.3 Å². The second-order valence-corrected chi connectivity index (χ2v) is 6.57. The number of benzene rings is 2. The summed E-state index contributed by atoms with van der Waals surface area (Å²) in [4.78, 5) is 17.6. The molecule has 3 aromatic rings. The molecule has 0 aliphatic heterocycles. The summed E-state index contributed by atoms with van der Waals surface area (Å²) in [7, 11) is 0. The molecule has 0 atom stereocenters. The van der Waals surface area contributed by atoms with Gasteiger partial charge in [0.2, 0.25) is 0 Å². The number of aromatic nitrogens is 1. The van der Waals surface area contributed by atoms with Gasteiger partial charge in [-0.2, -0.15) is 0 Å². The van der Waals surface area contributed by atoms with Crippen molar-refractivity contribution in [3.8, 4) is 16.3 Å². The molecule has 5 heteroatoms. The van der Waals surface area contributed by atoms with Gasteiger partial charge < -0.3 is 10.1 Å². The Morgan fingerprint density at radius 3 is 2.48 bits per heavy atom. The van der Waals surface area contributed by atoms with Crippen molar-refractivity contribution < 1.29 is 9.53 Å². The van der Waals surface area contributed by atoms with Gasteiger partial charge in [0.15, 0.2) is 0 Å². The normalized spacial score (nSPS) is 10.4. The Hall–Kier alpha value is -2.66. The second kappa shape index (κ2) is 8.44. The number of rotatable bonds is 7. The zero-order chi connectivity index (χ0) is 17.5. The van der Waals surface area contributed by atoms with Crippen LogP contribution in [0.2, 0.25) is 0 Å². The number of aryl methyl sites for hydroxylation is 1. The number of hydrogen-bond donors (Lipinski definition) is 1. The van der Waals surface area contributed by atoms with Gasteiger partial charge in [-0.1, -0.05) is 48.5 Å². The quantitative estimate of drug-likeness (QED) is 0.644. The molecule has 25 heavy (non-hydrogen) atoms. The fourth-order valence-electron chi connectivity index (χ4n) is 2.37. The second-order valence-electron chi connectivity index (χ2n) is 5.57. The lowest BCUT2D eigenvalue weighted by Crippen LogP contribution is -2.25. The zero-order valence-corrected chi connectivity index (χ0v) is 14.9. The Kier molecular flexibility index (Phi) is 5.80. The number of carbonyl (C=O) groups is 1. The van der Waals surface area contributed by atoms with Crippen LogP contribution in [0.1, 0.15) is 21.8 Å². The van der Waals surface area contributed by atoms with E-state index in [0.29, 0.717) is 18.0 Å². The lowest BCUT2D eigenvalue weighted by molar-refractivity contribution is 0.0955. The number of nitrogens with one attached hydrogen (secondary N) is 1. The smallest absolute Gasteiger partial charge is 0.263 e. The van der Waals surface area contributed by atoms with Crippen LogP contribution in [0.3, 0.4) is 0 Å². The van der Waals surface area contributed by atoms with E-state index in [2.05, 4.69) is 10.3 Å². The third-order valence-corrected chi connectivity index (χ3v) is 4.85. The summed E-state index contributed by atoms with van der Waals surface area (Å²) in [5, 5.41) is 3.81. The molecule has 4 nitrogen and oxygen atoms in total. The molecule has 0 unspecified atom stereocenters. The van der Waals surface area contributed by atoms with E-state index in [9.17, 15) is 4.79 Å². The topological polar surface area (TPSA) is 51.2 Å². The minimum Gasteiger partial charge on any atom is -0.494 e. The third kappa shape index (κ3) is 4.67. The highest BCUT2D eigenvalue weighted by Crippen LogP contribution is 2.27. The largest absolute Gasteiger partial charge is 0.494 e. The molecule has 0 spiro atoms. The maximum atomic E-state index is 12.4. The number of amides is 1. The SMILES string of the molecule is Cc1nc(-c2ccccc2)sc1C(=O)NCCCOc1ccccc1. The monoisotopic (exact) mass is 352 g/mol. The molecule has 0 fully saturated rings. The molecule has 3 rings (SSSR count). The summed E-state index contributed by atoms with van der Waals surface area (Å²) in [6.07, 6.45) is 0.754. The van der Waals surface area contributed by atoms with Gasteiger partial charge in [-0.3, -0.25) is 4.79 Å². The molecule has 0 saturated carbocycles. The first kappa shape index (κ1) is 17.2. The van der Waals surface area contributed by atoms with E-state index < -0.39 is 0 Å². The number of carbonyl (C=O) groups excluding carboxylic acids is 1. The molecule has 1 N–H and O–H groups in total. The van der Waals surface area contributed by atoms with E-state index in [-0.39, 0.29) is 5.91 Å². The predicted octanol–water partition coefficient (Wildman–Crippen LogP) is 4.32. The summed E-state index contributed by atoms with van der Waals surface area (Å²) in [6, 6.07) is 19.6. The van der Waals surface area contributed by atoms with Crippen LogP contribution >= 0.6 is 11.3 Å². The van der Waals surface area contributed by atoms with Crippen molar-refractivity contribution in [3.63, 3.8) is 0 Å². The molecule has 0 radical (unpaired) electrons. The Labute approximate surface area is 151 Å². The van der Waals surface area contributed by atoms with E-state index in [1.807, 2.05) is 67.6 Å². The van der Waals surface area contributed by atoms with Gasteiger partial charge in [0.1, 0.15) is 15.6 Å². The van der Waals surface area contributed by atoms with Gasteiger partial charge in [-0.05, 0) is 25.5 Å². The Morgan fingerprint density at radius 2 is 1.76 bits per heavy atom. The number of thiazole rings is 1. The first-order valence-electron chi connectivity index (χ1n) is 8.23. The lowest BCUT2D eigenvalue weighted by atomic mass is 10.2. The van der Waals surface area contributed by atoms with Crippen molar-refractivity contribution in [1.29, 1.82) is 0 Å². The Bertz CT molecular complexity index is 816. The number of hydrogen-bond acceptors (Lipinski definition) is 4. The third-order valence-electron chi connectivity index (χ3n) is 3.64. The fourth-order valence-corrected chi connectivity index (χ4v) is 3.36. The molecule has 1 aromatic heterocycles. The molecule has 128 valence electrons. The number of para-hydroxylation sites is 1. The van der Waals surface area contributed by atoms with E-state index >= 15 is 0 Å². The van der Waals surface area contributed by atoms with Crippen LogP contribution in [0, 0.1) is 6.92 Å². The van der Waals surface area contributed by atoms with Crippen LogP contribution in [0.15, 0.2) is 60.7 Å². The highest BCUT2D eigenvalue weighted by atomic mass is 32.1. The predicted molar refractivity (Wildman–Crippen MR) is 101 cm³/mol. The molecular weight excluding hydrogens is 332 g/mol. The summed E-state index contributed by atoms with van der Waals surface area (Å²) in [5.74, 6) is 0.775. The summed E-state index contributed by atoms with van der Waals surface area (Å²) in [5.41, 5.74) is 1.80. The van der Waals surface area contributed by atoms with Gasteiger partial charge in [0, 0.05) is 12.1 Å². The highest BCUT2D eigenvalue weighted by molar-refractivity contribution is 7.17. The van der Waals surface area contributed by atoms with Crippen LogP contribution in [-0.2, 0) is 0 Å². The van der Waals surface area contributed by atoms with Crippen molar-refractivity contribution in [1.82, 2.24) is 10.3 Å². The van der Waals surface area contributed by atoms with Gasteiger partial charge >= 0.3 is 0 Å². The van der Waals surface area contributed by atoms with Crippen molar-refractivity contribution in [2.75, 3.05) is 13.2 Å². The minimum absolute atomic E-state index is 0.0723.